The summed E-state index contributed by atoms with van der Waals surface area (Å²) in [5, 5.41) is 0. The largest absolute Gasteiger partial charge is 0.264 e. The number of nitrogens with zero attached hydrogens (tertiary/aromatic N) is 2. The van der Waals surface area contributed by atoms with Crippen LogP contribution < -0.4 is 0 Å². The molecule has 0 amide bonds. The first-order chi connectivity index (χ1) is 13.5. The summed E-state index contributed by atoms with van der Waals surface area (Å²) in [5.74, 6) is 0. The van der Waals surface area contributed by atoms with Gasteiger partial charge in [0.15, 0.2) is 0 Å². The molecule has 0 saturated heterocycles. The molecule has 0 fully saturated rings. The lowest BCUT2D eigenvalue weighted by Crippen LogP contribution is -1.96. The van der Waals surface area contributed by atoms with E-state index >= 15 is 0 Å². The van der Waals surface area contributed by atoms with Crippen LogP contribution in [-0.2, 0) is 0 Å². The average molecular weight is 441 g/mol. The molecule has 0 bridgehead atoms. The van der Waals surface area contributed by atoms with Crippen LogP contribution in [-0.4, -0.2) is 9.97 Å². The van der Waals surface area contributed by atoms with Crippen LogP contribution in [0.3, 0.4) is 0 Å². The molecule has 6 heteroatoms. The van der Waals surface area contributed by atoms with Crippen molar-refractivity contribution in [3.05, 3.63) is 88.3 Å². The van der Waals surface area contributed by atoms with Crippen molar-refractivity contribution in [1.29, 1.82) is 0 Å². The van der Waals surface area contributed by atoms with E-state index in [1.54, 1.807) is 0 Å². The van der Waals surface area contributed by atoms with Crippen molar-refractivity contribution in [2.24, 2.45) is 0 Å². The van der Waals surface area contributed by atoms with Gasteiger partial charge in [0.25, 0.3) is 0 Å². The summed E-state index contributed by atoms with van der Waals surface area (Å²) < 4.78 is 2.63. The Morgan fingerprint density at radius 2 is 0.964 bits per heavy atom. The van der Waals surface area contributed by atoms with Gasteiger partial charge >= 0.3 is 0 Å². The van der Waals surface area contributed by atoms with Crippen molar-refractivity contribution < 1.29 is 0 Å². The number of hydrogen-bond acceptors (Lipinski definition) is 6. The average Bonchev–Trinajstić information content (AvgIpc) is 3.21. The molecule has 2 nitrogen and oxygen atoms in total. The summed E-state index contributed by atoms with van der Waals surface area (Å²) in [6, 6.07) is 8.35. The third-order valence-electron chi connectivity index (χ3n) is 4.53. The van der Waals surface area contributed by atoms with Crippen LogP contribution >= 0.6 is 47.0 Å². The lowest BCUT2D eigenvalue weighted by atomic mass is 9.97. The molecular weight excluding hydrogens is 421 g/mol. The molecule has 0 saturated carbocycles. The standard InChI is InChI=1S/C22H20N2S4/c1-13-14(2)26-21(25-13)19(17-7-5-9-23-11-17)20(18-8-6-10-24-12-18)22-27-15(3)16(4)28-22/h5-12H,1-4H3. The summed E-state index contributed by atoms with van der Waals surface area (Å²) in [5.41, 5.74) is 4.80. The molecule has 0 unspecified atom stereocenters. The minimum atomic E-state index is 1.15. The van der Waals surface area contributed by atoms with E-state index in [1.807, 2.05) is 84.0 Å². The maximum atomic E-state index is 4.42. The Balaban J connectivity index is 1.97. The van der Waals surface area contributed by atoms with E-state index in [-0.39, 0.29) is 0 Å². The first-order valence-electron chi connectivity index (χ1n) is 8.90. The highest BCUT2D eigenvalue weighted by molar-refractivity contribution is 8.29. The fourth-order valence-electron chi connectivity index (χ4n) is 2.84. The van der Waals surface area contributed by atoms with Crippen LogP contribution in [0.2, 0.25) is 0 Å². The third-order valence-corrected chi connectivity index (χ3v) is 9.80. The van der Waals surface area contributed by atoms with Gasteiger partial charge < -0.3 is 0 Å². The number of aromatic nitrogens is 2. The normalized spacial score (nSPS) is 17.0. The number of thioether (sulfide) groups is 4. The molecule has 2 aromatic heterocycles. The Bertz CT molecular complexity index is 917. The van der Waals surface area contributed by atoms with Gasteiger partial charge in [0.05, 0.1) is 8.47 Å². The van der Waals surface area contributed by atoms with Crippen molar-refractivity contribution >= 4 is 58.2 Å². The maximum Gasteiger partial charge on any atom is 0.0578 e. The van der Waals surface area contributed by atoms with Crippen LogP contribution in [0.25, 0.3) is 11.1 Å². The van der Waals surface area contributed by atoms with Gasteiger partial charge in [-0.15, -0.1) is 0 Å². The van der Waals surface area contributed by atoms with Crippen LogP contribution in [0.1, 0.15) is 38.8 Å². The minimum absolute atomic E-state index is 1.15. The summed E-state index contributed by atoms with van der Waals surface area (Å²) >= 11 is 7.47. The lowest BCUT2D eigenvalue weighted by molar-refractivity contribution is 1.30. The highest BCUT2D eigenvalue weighted by Crippen LogP contribution is 2.58. The van der Waals surface area contributed by atoms with Crippen LogP contribution in [0, 0.1) is 0 Å². The van der Waals surface area contributed by atoms with Crippen molar-refractivity contribution in [1.82, 2.24) is 9.97 Å². The Kier molecular flexibility index (Phi) is 6.11. The third kappa shape index (κ3) is 4.01. The van der Waals surface area contributed by atoms with Gasteiger partial charge in [0.1, 0.15) is 0 Å². The van der Waals surface area contributed by atoms with Gasteiger partial charge in [-0.05, 0) is 59.4 Å². The van der Waals surface area contributed by atoms with E-state index < -0.39 is 0 Å². The summed E-state index contributed by atoms with van der Waals surface area (Å²) in [6.07, 6.45) is 7.62. The number of allylic oxidation sites excluding steroid dienone is 6. The molecule has 142 valence electrons. The fraction of sp³-hybridized carbons (Fsp3) is 0.182. The molecule has 0 radical (unpaired) electrons. The highest BCUT2D eigenvalue weighted by Gasteiger charge is 2.28. The zero-order chi connectivity index (χ0) is 19.7. The van der Waals surface area contributed by atoms with E-state index in [2.05, 4.69) is 49.8 Å². The molecule has 0 atom stereocenters. The molecule has 0 N–H and O–H groups in total. The first kappa shape index (κ1) is 20.0. The molecule has 0 spiro atoms. The topological polar surface area (TPSA) is 25.8 Å². The fourth-order valence-corrected chi connectivity index (χ4v) is 8.15. The molecule has 0 aromatic carbocycles. The molecule has 2 aliphatic heterocycles. The van der Waals surface area contributed by atoms with E-state index in [9.17, 15) is 0 Å². The highest BCUT2D eigenvalue weighted by atomic mass is 32.2. The zero-order valence-corrected chi connectivity index (χ0v) is 19.4. The molecule has 2 aliphatic rings. The number of pyridine rings is 2. The second kappa shape index (κ2) is 8.57. The quantitative estimate of drug-likeness (QED) is 0.480. The monoisotopic (exact) mass is 440 g/mol. The van der Waals surface area contributed by atoms with Gasteiger partial charge in [-0.25, -0.2) is 0 Å². The zero-order valence-electron chi connectivity index (χ0n) is 16.1. The van der Waals surface area contributed by atoms with E-state index in [4.69, 9.17) is 0 Å². The van der Waals surface area contributed by atoms with Crippen LogP contribution in [0.15, 0.2) is 77.1 Å². The summed E-state index contributed by atoms with van der Waals surface area (Å²) in [7, 11) is 0. The Morgan fingerprint density at radius 3 is 1.25 bits per heavy atom. The van der Waals surface area contributed by atoms with E-state index in [0.29, 0.717) is 0 Å². The van der Waals surface area contributed by atoms with Gasteiger partial charge in [-0.2, -0.15) is 0 Å². The van der Waals surface area contributed by atoms with Crippen molar-refractivity contribution in [2.75, 3.05) is 0 Å². The van der Waals surface area contributed by atoms with Crippen molar-refractivity contribution in [2.45, 2.75) is 27.7 Å². The predicted octanol–water partition coefficient (Wildman–Crippen LogP) is 7.98. The molecule has 4 heterocycles. The first-order valence-corrected chi connectivity index (χ1v) is 12.2. The lowest BCUT2D eigenvalue weighted by Gasteiger charge is -2.18. The Morgan fingerprint density at radius 1 is 0.607 bits per heavy atom. The molecule has 4 rings (SSSR count). The molecule has 2 aromatic rings. The van der Waals surface area contributed by atoms with Gasteiger partial charge in [0.2, 0.25) is 0 Å². The Hall–Kier alpha value is -1.34. The van der Waals surface area contributed by atoms with Gasteiger partial charge in [0, 0.05) is 47.1 Å². The second-order valence-electron chi connectivity index (χ2n) is 6.44. The van der Waals surface area contributed by atoms with Crippen molar-refractivity contribution in [3.8, 4) is 0 Å². The maximum absolute atomic E-state index is 4.42. The van der Waals surface area contributed by atoms with Crippen LogP contribution in [0.4, 0.5) is 0 Å². The Labute approximate surface area is 183 Å². The molecule has 0 aliphatic carbocycles. The summed E-state index contributed by atoms with van der Waals surface area (Å²) in [4.78, 5) is 14.3. The number of hydrogen-bond donors (Lipinski definition) is 0. The van der Waals surface area contributed by atoms with E-state index in [0.717, 1.165) is 11.1 Å². The minimum Gasteiger partial charge on any atom is -0.264 e. The molecular formula is C22H20N2S4. The molecule has 28 heavy (non-hydrogen) atoms. The van der Waals surface area contributed by atoms with Crippen molar-refractivity contribution in [3.63, 3.8) is 0 Å². The van der Waals surface area contributed by atoms with Gasteiger partial charge in [-0.3, -0.25) is 9.97 Å². The SMILES string of the molecule is CC1=C(C)SC(=C(C(=C2SC(C)=C(C)S2)c2cccnc2)c2cccnc2)S1. The van der Waals surface area contributed by atoms with E-state index in [1.165, 1.54) is 39.2 Å². The smallest absolute Gasteiger partial charge is 0.0578 e. The van der Waals surface area contributed by atoms with Crippen LogP contribution in [0.5, 0.6) is 0 Å². The predicted molar refractivity (Wildman–Crippen MR) is 129 cm³/mol. The number of rotatable bonds is 3. The van der Waals surface area contributed by atoms with Gasteiger partial charge in [-0.1, -0.05) is 59.2 Å². The summed E-state index contributed by atoms with van der Waals surface area (Å²) in [6.45, 7) is 8.80. The second-order valence-corrected chi connectivity index (χ2v) is 11.9.